The van der Waals surface area contributed by atoms with Crippen LogP contribution in [0.2, 0.25) is 5.02 Å². The molecule has 0 atom stereocenters. The van der Waals surface area contributed by atoms with E-state index >= 15 is 0 Å². The highest BCUT2D eigenvalue weighted by Gasteiger charge is 2.04. The number of anilines is 1. The molecule has 88 valence electrons. The molecule has 0 saturated carbocycles. The van der Waals surface area contributed by atoms with Crippen molar-refractivity contribution in [2.45, 2.75) is 13.3 Å². The van der Waals surface area contributed by atoms with Gasteiger partial charge in [0.05, 0.1) is 11.6 Å². The fourth-order valence-electron chi connectivity index (χ4n) is 1.04. The minimum atomic E-state index is -0.0670. The highest BCUT2D eigenvalue weighted by molar-refractivity contribution is 9.10. The van der Waals surface area contributed by atoms with Crippen molar-refractivity contribution in [2.24, 2.45) is 0 Å². The maximum atomic E-state index is 11.3. The van der Waals surface area contributed by atoms with Gasteiger partial charge >= 0.3 is 0 Å². The number of rotatable bonds is 5. The zero-order chi connectivity index (χ0) is 12.0. The van der Waals surface area contributed by atoms with Gasteiger partial charge in [0.2, 0.25) is 5.91 Å². The number of hydrogen-bond donors (Lipinski definition) is 2. The van der Waals surface area contributed by atoms with Gasteiger partial charge in [0.15, 0.2) is 0 Å². The normalized spacial score (nSPS) is 9.94. The summed E-state index contributed by atoms with van der Waals surface area (Å²) >= 11 is 9.19. The summed E-state index contributed by atoms with van der Waals surface area (Å²) in [6, 6.07) is 1.72. The summed E-state index contributed by atoms with van der Waals surface area (Å²) in [6.07, 6.45) is 2.54. The van der Waals surface area contributed by atoms with Gasteiger partial charge in [-0.1, -0.05) is 18.5 Å². The topological polar surface area (TPSA) is 54.0 Å². The average molecular weight is 307 g/mol. The molecule has 1 rings (SSSR count). The molecule has 0 aliphatic carbocycles. The number of aromatic nitrogens is 1. The van der Waals surface area contributed by atoms with E-state index in [2.05, 4.69) is 31.5 Å². The number of nitrogens with zero attached hydrogens (tertiary/aromatic N) is 1. The van der Waals surface area contributed by atoms with Gasteiger partial charge in [0, 0.05) is 17.2 Å². The zero-order valence-corrected chi connectivity index (χ0v) is 11.2. The van der Waals surface area contributed by atoms with E-state index in [1.807, 2.05) is 6.92 Å². The van der Waals surface area contributed by atoms with E-state index in [1.165, 1.54) is 0 Å². The van der Waals surface area contributed by atoms with E-state index in [-0.39, 0.29) is 12.5 Å². The summed E-state index contributed by atoms with van der Waals surface area (Å²) in [7, 11) is 0. The highest BCUT2D eigenvalue weighted by Crippen LogP contribution is 2.22. The largest absolute Gasteiger partial charge is 0.360 e. The quantitative estimate of drug-likeness (QED) is 0.878. The maximum Gasteiger partial charge on any atom is 0.239 e. The summed E-state index contributed by atoms with van der Waals surface area (Å²) in [5.41, 5.74) is 0. The summed E-state index contributed by atoms with van der Waals surface area (Å²) < 4.78 is 0.804. The van der Waals surface area contributed by atoms with Gasteiger partial charge in [-0.2, -0.15) is 0 Å². The van der Waals surface area contributed by atoms with E-state index < -0.39 is 0 Å². The molecule has 0 aliphatic rings. The molecule has 6 heteroatoms. The third-order valence-corrected chi connectivity index (χ3v) is 2.52. The minimum Gasteiger partial charge on any atom is -0.360 e. The Balaban J connectivity index is 2.45. The van der Waals surface area contributed by atoms with Gasteiger partial charge in [-0.05, 0) is 28.4 Å². The molecule has 0 spiro atoms. The van der Waals surface area contributed by atoms with Crippen molar-refractivity contribution < 1.29 is 4.79 Å². The van der Waals surface area contributed by atoms with Gasteiger partial charge in [-0.3, -0.25) is 4.79 Å². The molecule has 2 N–H and O–H groups in total. The van der Waals surface area contributed by atoms with Crippen LogP contribution in [0.5, 0.6) is 0 Å². The number of amides is 1. The summed E-state index contributed by atoms with van der Waals surface area (Å²) in [4.78, 5) is 15.4. The predicted octanol–water partition coefficient (Wildman–Crippen LogP) is 2.44. The van der Waals surface area contributed by atoms with Crippen LogP contribution >= 0.6 is 27.5 Å². The van der Waals surface area contributed by atoms with E-state index in [0.717, 1.165) is 10.9 Å². The Morgan fingerprint density at radius 3 is 3.00 bits per heavy atom. The lowest BCUT2D eigenvalue weighted by atomic mass is 10.4. The van der Waals surface area contributed by atoms with Crippen LogP contribution in [-0.2, 0) is 4.79 Å². The molecular formula is C10H13BrClN3O. The van der Waals surface area contributed by atoms with Gasteiger partial charge in [0.1, 0.15) is 5.82 Å². The van der Waals surface area contributed by atoms with Crippen LogP contribution < -0.4 is 10.6 Å². The molecule has 1 amide bonds. The van der Waals surface area contributed by atoms with E-state index in [9.17, 15) is 4.79 Å². The van der Waals surface area contributed by atoms with Gasteiger partial charge in [-0.25, -0.2) is 4.98 Å². The second-order valence-electron chi connectivity index (χ2n) is 3.19. The predicted molar refractivity (Wildman–Crippen MR) is 68.7 cm³/mol. The Bertz CT molecular complexity index is 373. The molecule has 0 aliphatic heterocycles. The standard InChI is InChI=1S/C10H13BrClN3O/c1-2-3-13-9(16)6-15-10-8(12)4-7(11)5-14-10/h4-5H,2-3,6H2,1H3,(H,13,16)(H,14,15). The van der Waals surface area contributed by atoms with Crippen LogP contribution in [0.1, 0.15) is 13.3 Å². The number of nitrogens with one attached hydrogen (secondary N) is 2. The molecular weight excluding hydrogens is 293 g/mol. The minimum absolute atomic E-state index is 0.0670. The van der Waals surface area contributed by atoms with Crippen LogP contribution in [-0.4, -0.2) is 24.0 Å². The number of halogens is 2. The van der Waals surface area contributed by atoms with Crippen molar-refractivity contribution in [1.29, 1.82) is 0 Å². The molecule has 0 unspecified atom stereocenters. The van der Waals surface area contributed by atoms with Crippen molar-refractivity contribution in [1.82, 2.24) is 10.3 Å². The Morgan fingerprint density at radius 2 is 2.38 bits per heavy atom. The molecule has 1 heterocycles. The Labute approximate surface area is 108 Å². The second-order valence-corrected chi connectivity index (χ2v) is 4.51. The number of hydrogen-bond acceptors (Lipinski definition) is 3. The first-order valence-electron chi connectivity index (χ1n) is 4.95. The van der Waals surface area contributed by atoms with Crippen LogP contribution in [0.4, 0.5) is 5.82 Å². The van der Waals surface area contributed by atoms with Crippen LogP contribution in [0.3, 0.4) is 0 Å². The Hall–Kier alpha value is -0.810. The van der Waals surface area contributed by atoms with Gasteiger partial charge in [0.25, 0.3) is 0 Å². The van der Waals surface area contributed by atoms with E-state index in [4.69, 9.17) is 11.6 Å². The average Bonchev–Trinajstić information content (AvgIpc) is 2.25. The Morgan fingerprint density at radius 1 is 1.62 bits per heavy atom. The highest BCUT2D eigenvalue weighted by atomic mass is 79.9. The van der Waals surface area contributed by atoms with Crippen LogP contribution in [0.15, 0.2) is 16.7 Å². The molecule has 1 aromatic heterocycles. The van der Waals surface area contributed by atoms with Crippen LogP contribution in [0.25, 0.3) is 0 Å². The zero-order valence-electron chi connectivity index (χ0n) is 8.89. The molecule has 0 fully saturated rings. The monoisotopic (exact) mass is 305 g/mol. The SMILES string of the molecule is CCCNC(=O)CNc1ncc(Br)cc1Cl. The first-order valence-corrected chi connectivity index (χ1v) is 6.12. The third-order valence-electron chi connectivity index (χ3n) is 1.80. The van der Waals surface area contributed by atoms with Gasteiger partial charge in [-0.15, -0.1) is 0 Å². The van der Waals surface area contributed by atoms with Crippen molar-refractivity contribution in [2.75, 3.05) is 18.4 Å². The molecule has 0 aromatic carbocycles. The first-order chi connectivity index (χ1) is 7.63. The van der Waals surface area contributed by atoms with Crippen molar-refractivity contribution >= 4 is 39.3 Å². The first kappa shape index (κ1) is 13.3. The number of pyridine rings is 1. The third kappa shape index (κ3) is 4.37. The van der Waals surface area contributed by atoms with Crippen molar-refractivity contribution in [3.63, 3.8) is 0 Å². The maximum absolute atomic E-state index is 11.3. The summed E-state index contributed by atoms with van der Waals surface area (Å²) in [6.45, 7) is 2.86. The number of carbonyl (C=O) groups is 1. The van der Waals surface area contributed by atoms with Gasteiger partial charge < -0.3 is 10.6 Å². The molecule has 0 radical (unpaired) electrons. The molecule has 16 heavy (non-hydrogen) atoms. The molecule has 1 aromatic rings. The fraction of sp³-hybridized carbons (Fsp3) is 0.400. The fourth-order valence-corrected chi connectivity index (χ4v) is 1.73. The Kier molecular flexibility index (Phi) is 5.55. The summed E-state index contributed by atoms with van der Waals surface area (Å²) in [5, 5.41) is 6.11. The smallest absolute Gasteiger partial charge is 0.239 e. The number of carbonyl (C=O) groups excluding carboxylic acids is 1. The lowest BCUT2D eigenvalue weighted by Gasteiger charge is -2.07. The molecule has 0 saturated heterocycles. The lowest BCUT2D eigenvalue weighted by Crippen LogP contribution is -2.30. The second kappa shape index (κ2) is 6.70. The molecule has 0 bridgehead atoms. The van der Waals surface area contributed by atoms with E-state index in [1.54, 1.807) is 12.3 Å². The molecule has 4 nitrogen and oxygen atoms in total. The van der Waals surface area contributed by atoms with E-state index in [0.29, 0.717) is 17.4 Å². The lowest BCUT2D eigenvalue weighted by molar-refractivity contribution is -0.119. The van der Waals surface area contributed by atoms with Crippen LogP contribution in [0, 0.1) is 0 Å². The van der Waals surface area contributed by atoms with Crippen molar-refractivity contribution in [3.8, 4) is 0 Å². The van der Waals surface area contributed by atoms with Crippen molar-refractivity contribution in [3.05, 3.63) is 21.8 Å². The summed E-state index contributed by atoms with van der Waals surface area (Å²) in [5.74, 6) is 0.444.